The normalized spacial score (nSPS) is 16.3. The molecule has 0 saturated carbocycles. The highest BCUT2D eigenvalue weighted by atomic mass is 35.5. The standard InChI is InChI=1S/C21H21ClN4/c1-14-16(11-17-13-25-21-19(17)3-2-10-23-21)6-9-20(26-14)24-12-15-4-7-18(22)8-5-15/h2-5,7-8,10,13H,6,9,11-12H2,1H3,(H,23,25)(H,24,26). The summed E-state index contributed by atoms with van der Waals surface area (Å²) < 4.78 is 0. The first kappa shape index (κ1) is 16.9. The molecule has 4 nitrogen and oxygen atoms in total. The molecule has 2 N–H and O–H groups in total. The van der Waals surface area contributed by atoms with E-state index in [9.17, 15) is 0 Å². The molecule has 3 aromatic rings. The van der Waals surface area contributed by atoms with E-state index in [4.69, 9.17) is 16.6 Å². The second-order valence-electron chi connectivity index (χ2n) is 6.63. The van der Waals surface area contributed by atoms with Gasteiger partial charge in [0, 0.05) is 34.9 Å². The van der Waals surface area contributed by atoms with Gasteiger partial charge in [-0.3, -0.25) is 4.99 Å². The van der Waals surface area contributed by atoms with Gasteiger partial charge in [0.05, 0.1) is 6.54 Å². The van der Waals surface area contributed by atoms with E-state index >= 15 is 0 Å². The molecule has 4 rings (SSSR count). The van der Waals surface area contributed by atoms with Gasteiger partial charge < -0.3 is 10.3 Å². The Kier molecular flexibility index (Phi) is 4.76. The van der Waals surface area contributed by atoms with E-state index in [2.05, 4.69) is 34.5 Å². The molecule has 1 aliphatic heterocycles. The van der Waals surface area contributed by atoms with E-state index in [0.717, 1.165) is 35.8 Å². The topological polar surface area (TPSA) is 53.1 Å². The third-order valence-electron chi connectivity index (χ3n) is 4.83. The summed E-state index contributed by atoms with van der Waals surface area (Å²) in [6.07, 6.45) is 6.81. The number of H-pyrrole nitrogens is 1. The summed E-state index contributed by atoms with van der Waals surface area (Å²) >= 11 is 5.93. The molecule has 132 valence electrons. The number of hydrogen-bond acceptors (Lipinski definition) is 2. The van der Waals surface area contributed by atoms with Gasteiger partial charge in [-0.2, -0.15) is 0 Å². The number of halogens is 1. The van der Waals surface area contributed by atoms with Crippen LogP contribution in [-0.2, 0) is 13.0 Å². The van der Waals surface area contributed by atoms with Crippen molar-refractivity contribution in [2.75, 3.05) is 0 Å². The van der Waals surface area contributed by atoms with Crippen molar-refractivity contribution in [2.45, 2.75) is 32.7 Å². The van der Waals surface area contributed by atoms with Gasteiger partial charge >= 0.3 is 0 Å². The molecule has 0 aliphatic carbocycles. The first-order valence-electron chi connectivity index (χ1n) is 8.83. The SMILES string of the molecule is CC1=C(Cc2c[nH]c3ncccc23)CCC(=NCc2ccc(Cl)cc2)N1. The molecule has 0 unspecified atom stereocenters. The van der Waals surface area contributed by atoms with Crippen LogP contribution in [0.4, 0.5) is 0 Å². The smallest absolute Gasteiger partial charge is 0.137 e. The predicted octanol–water partition coefficient (Wildman–Crippen LogP) is 5.01. The summed E-state index contributed by atoms with van der Waals surface area (Å²) in [4.78, 5) is 12.4. The molecule has 0 spiro atoms. The fraction of sp³-hybridized carbons (Fsp3) is 0.238. The third-order valence-corrected chi connectivity index (χ3v) is 5.08. The quantitative estimate of drug-likeness (QED) is 0.683. The number of allylic oxidation sites excluding steroid dienone is 2. The molecule has 3 heterocycles. The van der Waals surface area contributed by atoms with E-state index in [1.165, 1.54) is 27.8 Å². The van der Waals surface area contributed by atoms with Crippen molar-refractivity contribution in [3.8, 4) is 0 Å². The molecule has 1 aliphatic rings. The summed E-state index contributed by atoms with van der Waals surface area (Å²) in [5.74, 6) is 1.06. The van der Waals surface area contributed by atoms with Crippen molar-refractivity contribution in [1.82, 2.24) is 15.3 Å². The minimum Gasteiger partial charge on any atom is -0.348 e. The molecule has 0 bridgehead atoms. The molecule has 0 saturated heterocycles. The Balaban J connectivity index is 1.45. The molecule has 0 fully saturated rings. The zero-order valence-electron chi connectivity index (χ0n) is 14.7. The number of fused-ring (bicyclic) bond motifs is 1. The predicted molar refractivity (Wildman–Crippen MR) is 107 cm³/mol. The van der Waals surface area contributed by atoms with Crippen LogP contribution < -0.4 is 5.32 Å². The van der Waals surface area contributed by atoms with Crippen molar-refractivity contribution >= 4 is 28.5 Å². The Bertz CT molecular complexity index is 983. The van der Waals surface area contributed by atoms with E-state index in [-0.39, 0.29) is 0 Å². The maximum absolute atomic E-state index is 5.93. The molecule has 2 aromatic heterocycles. The average Bonchev–Trinajstić information content (AvgIpc) is 3.06. The van der Waals surface area contributed by atoms with E-state index < -0.39 is 0 Å². The fourth-order valence-corrected chi connectivity index (χ4v) is 3.46. The number of aliphatic imine (C=N–C) groups is 1. The lowest BCUT2D eigenvalue weighted by molar-refractivity contribution is 0.820. The zero-order chi connectivity index (χ0) is 17.9. The van der Waals surface area contributed by atoms with Crippen LogP contribution in [0.25, 0.3) is 11.0 Å². The van der Waals surface area contributed by atoms with Gasteiger partial charge in [0.25, 0.3) is 0 Å². The van der Waals surface area contributed by atoms with Crippen LogP contribution in [-0.4, -0.2) is 15.8 Å². The molecule has 5 heteroatoms. The van der Waals surface area contributed by atoms with Crippen molar-refractivity contribution < 1.29 is 0 Å². The minimum atomic E-state index is 0.677. The lowest BCUT2D eigenvalue weighted by atomic mass is 9.96. The second-order valence-corrected chi connectivity index (χ2v) is 7.07. The Morgan fingerprint density at radius 2 is 2.00 bits per heavy atom. The van der Waals surface area contributed by atoms with Crippen LogP contribution >= 0.6 is 11.6 Å². The lowest BCUT2D eigenvalue weighted by Crippen LogP contribution is -2.27. The molecule has 0 atom stereocenters. The summed E-state index contributed by atoms with van der Waals surface area (Å²) in [5.41, 5.74) is 6.06. The van der Waals surface area contributed by atoms with Crippen LogP contribution in [0.3, 0.4) is 0 Å². The Morgan fingerprint density at radius 3 is 2.81 bits per heavy atom. The van der Waals surface area contributed by atoms with Gasteiger partial charge in [-0.15, -0.1) is 0 Å². The highest BCUT2D eigenvalue weighted by molar-refractivity contribution is 6.30. The van der Waals surface area contributed by atoms with Gasteiger partial charge in [0.1, 0.15) is 11.5 Å². The highest BCUT2D eigenvalue weighted by Gasteiger charge is 2.15. The minimum absolute atomic E-state index is 0.677. The van der Waals surface area contributed by atoms with Crippen LogP contribution in [0.5, 0.6) is 0 Å². The molecule has 26 heavy (non-hydrogen) atoms. The number of nitrogens with zero attached hydrogens (tertiary/aromatic N) is 2. The fourth-order valence-electron chi connectivity index (χ4n) is 3.33. The molecule has 1 aromatic carbocycles. The van der Waals surface area contributed by atoms with E-state index in [0.29, 0.717) is 6.54 Å². The Hall–Kier alpha value is -2.59. The largest absolute Gasteiger partial charge is 0.348 e. The first-order valence-corrected chi connectivity index (χ1v) is 9.21. The number of aromatic nitrogens is 2. The average molecular weight is 365 g/mol. The van der Waals surface area contributed by atoms with Gasteiger partial charge in [0.2, 0.25) is 0 Å². The molecule has 0 amide bonds. The van der Waals surface area contributed by atoms with E-state index in [1.807, 2.05) is 36.5 Å². The van der Waals surface area contributed by atoms with Crippen molar-refractivity contribution in [1.29, 1.82) is 0 Å². The third kappa shape index (κ3) is 3.65. The number of rotatable bonds is 4. The summed E-state index contributed by atoms with van der Waals surface area (Å²) in [7, 11) is 0. The van der Waals surface area contributed by atoms with E-state index in [1.54, 1.807) is 0 Å². The zero-order valence-corrected chi connectivity index (χ0v) is 15.5. The molecular formula is C21H21ClN4. The maximum atomic E-state index is 5.93. The van der Waals surface area contributed by atoms with Crippen LogP contribution in [0.15, 0.2) is 65.1 Å². The summed E-state index contributed by atoms with van der Waals surface area (Å²) in [5, 5.41) is 5.45. The van der Waals surface area contributed by atoms with Crippen molar-refractivity contribution in [3.05, 3.63) is 76.2 Å². The van der Waals surface area contributed by atoms with Gasteiger partial charge in [-0.25, -0.2) is 4.98 Å². The van der Waals surface area contributed by atoms with Gasteiger partial charge in [0.15, 0.2) is 0 Å². The number of amidine groups is 1. The number of hydrogen-bond donors (Lipinski definition) is 2. The van der Waals surface area contributed by atoms with Gasteiger partial charge in [-0.05, 0) is 60.7 Å². The van der Waals surface area contributed by atoms with Crippen molar-refractivity contribution in [2.24, 2.45) is 4.99 Å². The van der Waals surface area contributed by atoms with Crippen LogP contribution in [0.2, 0.25) is 5.02 Å². The number of pyridine rings is 1. The molecule has 0 radical (unpaired) electrons. The monoisotopic (exact) mass is 364 g/mol. The maximum Gasteiger partial charge on any atom is 0.137 e. The van der Waals surface area contributed by atoms with Gasteiger partial charge in [-0.1, -0.05) is 23.7 Å². The first-order chi connectivity index (χ1) is 12.7. The lowest BCUT2D eigenvalue weighted by Gasteiger charge is -2.21. The van der Waals surface area contributed by atoms with Crippen LogP contribution in [0.1, 0.15) is 30.9 Å². The van der Waals surface area contributed by atoms with Crippen molar-refractivity contribution in [3.63, 3.8) is 0 Å². The number of nitrogens with one attached hydrogen (secondary N) is 2. The Morgan fingerprint density at radius 1 is 1.15 bits per heavy atom. The summed E-state index contributed by atoms with van der Waals surface area (Å²) in [6, 6.07) is 12.0. The number of benzene rings is 1. The van der Waals surface area contributed by atoms with Crippen LogP contribution in [0, 0.1) is 0 Å². The molecular weight excluding hydrogens is 344 g/mol. The second kappa shape index (κ2) is 7.34. The highest BCUT2D eigenvalue weighted by Crippen LogP contribution is 2.24. The number of aromatic amines is 1. The Labute approximate surface area is 158 Å². The summed E-state index contributed by atoms with van der Waals surface area (Å²) in [6.45, 7) is 2.82.